The molecule has 0 spiro atoms. The van der Waals surface area contributed by atoms with Crippen molar-refractivity contribution in [1.82, 2.24) is 14.9 Å². The van der Waals surface area contributed by atoms with E-state index in [1.54, 1.807) is 0 Å². The van der Waals surface area contributed by atoms with Crippen LogP contribution in [0.2, 0.25) is 0 Å². The molecule has 2 heterocycles. The number of nitrogens with two attached hydrogens (primary N) is 1. The normalized spacial score (nSPS) is 19.7. The Balaban J connectivity index is 2.05. The first kappa shape index (κ1) is 13.1. The number of carbonyl (C=O) groups is 1. The number of hydrogen-bond acceptors (Lipinski definition) is 6. The van der Waals surface area contributed by atoms with Gasteiger partial charge in [0.2, 0.25) is 0 Å². The lowest BCUT2D eigenvalue weighted by Crippen LogP contribution is -2.42. The van der Waals surface area contributed by atoms with Crippen molar-refractivity contribution in [2.24, 2.45) is 5.84 Å². The van der Waals surface area contributed by atoms with Gasteiger partial charge in [-0.3, -0.25) is 4.79 Å². The van der Waals surface area contributed by atoms with Crippen LogP contribution in [-0.2, 0) is 0 Å². The molecule has 0 saturated carbocycles. The molecular weight excluding hydrogens is 250 g/mol. The number of thioether (sulfide) groups is 1. The monoisotopic (exact) mass is 267 g/mol. The maximum Gasteiger partial charge on any atom is 0.274 e. The quantitative estimate of drug-likeness (QED) is 0.620. The standard InChI is InChI=1S/C11H17N5OS/c1-2-8-7-16(3-4-18-8)11(17)9-5-14-10(15-12)6-13-9/h5-6,8H,2-4,7,12H2,1H3,(H,14,15). The minimum Gasteiger partial charge on any atom is -0.335 e. The van der Waals surface area contributed by atoms with Gasteiger partial charge in [0, 0.05) is 24.1 Å². The van der Waals surface area contributed by atoms with Gasteiger partial charge in [-0.2, -0.15) is 11.8 Å². The van der Waals surface area contributed by atoms with Gasteiger partial charge < -0.3 is 10.3 Å². The van der Waals surface area contributed by atoms with Gasteiger partial charge in [-0.1, -0.05) is 6.92 Å². The van der Waals surface area contributed by atoms with Gasteiger partial charge in [0.25, 0.3) is 5.91 Å². The van der Waals surface area contributed by atoms with E-state index in [0.29, 0.717) is 16.8 Å². The number of rotatable bonds is 3. The molecule has 1 saturated heterocycles. The van der Waals surface area contributed by atoms with Gasteiger partial charge in [-0.25, -0.2) is 15.8 Å². The van der Waals surface area contributed by atoms with Crippen molar-refractivity contribution >= 4 is 23.5 Å². The van der Waals surface area contributed by atoms with Crippen LogP contribution in [0.15, 0.2) is 12.4 Å². The first-order chi connectivity index (χ1) is 8.74. The third kappa shape index (κ3) is 2.91. The average Bonchev–Trinajstić information content (AvgIpc) is 2.46. The Morgan fingerprint density at radius 2 is 2.44 bits per heavy atom. The third-order valence-corrected chi connectivity index (χ3v) is 4.27. The van der Waals surface area contributed by atoms with Crippen molar-refractivity contribution in [2.45, 2.75) is 18.6 Å². The molecule has 0 aliphatic carbocycles. The SMILES string of the molecule is CCC1CN(C(=O)c2cnc(NN)cn2)CCS1. The number of nitrogens with one attached hydrogen (secondary N) is 1. The van der Waals surface area contributed by atoms with Crippen LogP contribution in [0.1, 0.15) is 23.8 Å². The van der Waals surface area contributed by atoms with Gasteiger partial charge in [-0.05, 0) is 6.42 Å². The molecule has 3 N–H and O–H groups in total. The van der Waals surface area contributed by atoms with Crippen molar-refractivity contribution in [1.29, 1.82) is 0 Å². The second-order valence-electron chi connectivity index (χ2n) is 4.08. The van der Waals surface area contributed by atoms with E-state index in [1.165, 1.54) is 12.4 Å². The topological polar surface area (TPSA) is 84.1 Å². The summed E-state index contributed by atoms with van der Waals surface area (Å²) in [7, 11) is 0. The predicted octanol–water partition coefficient (Wildman–Crippen LogP) is 0.730. The molecular formula is C11H17N5OS. The zero-order chi connectivity index (χ0) is 13.0. The fraction of sp³-hybridized carbons (Fsp3) is 0.545. The molecule has 1 aliphatic heterocycles. The predicted molar refractivity (Wildman–Crippen MR) is 72.3 cm³/mol. The molecule has 1 fully saturated rings. The summed E-state index contributed by atoms with van der Waals surface area (Å²) in [6.07, 6.45) is 4.00. The van der Waals surface area contributed by atoms with Crippen molar-refractivity contribution in [3.63, 3.8) is 0 Å². The Kier molecular flexibility index (Phi) is 4.38. The number of aromatic nitrogens is 2. The van der Waals surface area contributed by atoms with Gasteiger partial charge in [0.15, 0.2) is 5.82 Å². The van der Waals surface area contributed by atoms with Crippen molar-refractivity contribution in [2.75, 3.05) is 24.3 Å². The second-order valence-corrected chi connectivity index (χ2v) is 5.49. The molecule has 1 aromatic rings. The van der Waals surface area contributed by atoms with Crippen molar-refractivity contribution in [3.05, 3.63) is 18.1 Å². The number of hydrogen-bond donors (Lipinski definition) is 2. The van der Waals surface area contributed by atoms with E-state index < -0.39 is 0 Å². The zero-order valence-electron chi connectivity index (χ0n) is 10.3. The van der Waals surface area contributed by atoms with E-state index in [4.69, 9.17) is 5.84 Å². The van der Waals surface area contributed by atoms with Gasteiger partial charge in [0.1, 0.15) is 5.69 Å². The minimum atomic E-state index is -0.0511. The molecule has 1 unspecified atom stereocenters. The van der Waals surface area contributed by atoms with Gasteiger partial charge in [-0.15, -0.1) is 0 Å². The van der Waals surface area contributed by atoms with E-state index in [-0.39, 0.29) is 5.91 Å². The molecule has 7 heteroatoms. The van der Waals surface area contributed by atoms with E-state index in [1.807, 2.05) is 16.7 Å². The highest BCUT2D eigenvalue weighted by Crippen LogP contribution is 2.22. The Morgan fingerprint density at radius 3 is 3.06 bits per heavy atom. The molecule has 1 atom stereocenters. The van der Waals surface area contributed by atoms with E-state index in [2.05, 4.69) is 22.3 Å². The van der Waals surface area contributed by atoms with Gasteiger partial charge in [0.05, 0.1) is 12.4 Å². The average molecular weight is 267 g/mol. The number of nitrogens with zero attached hydrogens (tertiary/aromatic N) is 3. The molecule has 1 amide bonds. The number of hydrazine groups is 1. The summed E-state index contributed by atoms with van der Waals surface area (Å²) in [6, 6.07) is 0. The van der Waals surface area contributed by atoms with Crippen LogP contribution in [0.25, 0.3) is 0 Å². The molecule has 18 heavy (non-hydrogen) atoms. The summed E-state index contributed by atoms with van der Waals surface area (Å²) in [6.45, 7) is 3.71. The second kappa shape index (κ2) is 6.01. The highest BCUT2D eigenvalue weighted by molar-refractivity contribution is 8.00. The van der Waals surface area contributed by atoms with E-state index in [0.717, 1.165) is 25.3 Å². The fourth-order valence-corrected chi connectivity index (χ4v) is 3.01. The van der Waals surface area contributed by atoms with Crippen LogP contribution < -0.4 is 11.3 Å². The maximum atomic E-state index is 12.2. The largest absolute Gasteiger partial charge is 0.335 e. The number of anilines is 1. The maximum absolute atomic E-state index is 12.2. The lowest BCUT2D eigenvalue weighted by molar-refractivity contribution is 0.0754. The molecule has 0 radical (unpaired) electrons. The fourth-order valence-electron chi connectivity index (χ4n) is 1.83. The molecule has 98 valence electrons. The first-order valence-corrected chi connectivity index (χ1v) is 6.99. The summed E-state index contributed by atoms with van der Waals surface area (Å²) in [5, 5.41) is 0.528. The summed E-state index contributed by atoms with van der Waals surface area (Å²) in [5.41, 5.74) is 2.76. The van der Waals surface area contributed by atoms with E-state index >= 15 is 0 Å². The van der Waals surface area contributed by atoms with Crippen LogP contribution in [0.3, 0.4) is 0 Å². The lowest BCUT2D eigenvalue weighted by atomic mass is 10.2. The lowest BCUT2D eigenvalue weighted by Gasteiger charge is -2.31. The van der Waals surface area contributed by atoms with Gasteiger partial charge >= 0.3 is 0 Å². The summed E-state index contributed by atoms with van der Waals surface area (Å²) >= 11 is 1.93. The van der Waals surface area contributed by atoms with Crippen molar-refractivity contribution in [3.8, 4) is 0 Å². The summed E-state index contributed by atoms with van der Waals surface area (Å²) in [4.78, 5) is 22.1. The Hall–Kier alpha value is -1.34. The van der Waals surface area contributed by atoms with Crippen LogP contribution in [0.5, 0.6) is 0 Å². The molecule has 1 aliphatic rings. The van der Waals surface area contributed by atoms with E-state index in [9.17, 15) is 4.79 Å². The van der Waals surface area contributed by atoms with Crippen LogP contribution in [0, 0.1) is 0 Å². The molecule has 1 aromatic heterocycles. The smallest absolute Gasteiger partial charge is 0.274 e. The Morgan fingerprint density at radius 1 is 1.61 bits per heavy atom. The number of nitrogen functional groups attached to an aromatic ring is 1. The highest BCUT2D eigenvalue weighted by Gasteiger charge is 2.24. The summed E-state index contributed by atoms with van der Waals surface area (Å²) in [5.74, 6) is 6.59. The van der Waals surface area contributed by atoms with Crippen molar-refractivity contribution < 1.29 is 4.79 Å². The Labute approximate surface area is 110 Å². The summed E-state index contributed by atoms with van der Waals surface area (Å²) < 4.78 is 0. The minimum absolute atomic E-state index is 0.0511. The molecule has 0 bridgehead atoms. The third-order valence-electron chi connectivity index (χ3n) is 2.90. The zero-order valence-corrected chi connectivity index (χ0v) is 11.1. The molecule has 2 rings (SSSR count). The van der Waals surface area contributed by atoms with Crippen LogP contribution in [0.4, 0.5) is 5.82 Å². The van der Waals surface area contributed by atoms with Crippen LogP contribution >= 0.6 is 11.8 Å². The van der Waals surface area contributed by atoms with Crippen LogP contribution in [-0.4, -0.2) is 44.9 Å². The molecule has 0 aromatic carbocycles. The Bertz CT molecular complexity index is 410. The highest BCUT2D eigenvalue weighted by atomic mass is 32.2. The first-order valence-electron chi connectivity index (χ1n) is 5.94. The molecule has 6 nitrogen and oxygen atoms in total. The number of amides is 1. The number of carbonyl (C=O) groups excluding carboxylic acids is 1.